The lowest BCUT2D eigenvalue weighted by Gasteiger charge is -2.15. The third-order valence-corrected chi connectivity index (χ3v) is 3.39. The zero-order valence-electron chi connectivity index (χ0n) is 8.46. The van der Waals surface area contributed by atoms with Crippen molar-refractivity contribution in [3.63, 3.8) is 0 Å². The summed E-state index contributed by atoms with van der Waals surface area (Å²) in [6, 6.07) is 8.07. The van der Waals surface area contributed by atoms with Crippen LogP contribution < -0.4 is 5.32 Å². The van der Waals surface area contributed by atoms with Crippen molar-refractivity contribution < 1.29 is 4.79 Å². The van der Waals surface area contributed by atoms with Crippen molar-refractivity contribution in [2.45, 2.75) is 13.0 Å². The molecule has 1 fully saturated rings. The molecular formula is C12H12BrNO. The van der Waals surface area contributed by atoms with Crippen LogP contribution in [0.4, 0.5) is 0 Å². The van der Waals surface area contributed by atoms with E-state index in [2.05, 4.69) is 27.8 Å². The van der Waals surface area contributed by atoms with Crippen molar-refractivity contribution in [3.8, 4) is 0 Å². The van der Waals surface area contributed by atoms with Crippen LogP contribution in [0.5, 0.6) is 0 Å². The minimum Gasteiger partial charge on any atom is -0.345 e. The first kappa shape index (κ1) is 10.4. The highest BCUT2D eigenvalue weighted by Gasteiger charge is 2.33. The Morgan fingerprint density at radius 1 is 1.33 bits per heavy atom. The fraction of sp³-hybridized carbons (Fsp3) is 0.250. The topological polar surface area (TPSA) is 29.1 Å². The van der Waals surface area contributed by atoms with E-state index in [1.165, 1.54) is 0 Å². The van der Waals surface area contributed by atoms with Crippen LogP contribution >= 0.6 is 15.9 Å². The zero-order valence-corrected chi connectivity index (χ0v) is 10.0. The van der Waals surface area contributed by atoms with E-state index in [9.17, 15) is 4.79 Å². The highest BCUT2D eigenvalue weighted by molar-refractivity contribution is 9.10. The molecule has 0 bridgehead atoms. The van der Waals surface area contributed by atoms with Crippen molar-refractivity contribution in [2.75, 3.05) is 0 Å². The van der Waals surface area contributed by atoms with Crippen LogP contribution in [0.15, 0.2) is 40.9 Å². The maximum Gasteiger partial charge on any atom is 0.247 e. The van der Waals surface area contributed by atoms with Gasteiger partial charge in [0.25, 0.3) is 0 Å². The van der Waals surface area contributed by atoms with Crippen molar-refractivity contribution in [2.24, 2.45) is 5.92 Å². The van der Waals surface area contributed by atoms with Crippen molar-refractivity contribution >= 4 is 21.8 Å². The number of nitrogens with one attached hydrogen (secondary N) is 1. The molecule has 0 aromatic heterocycles. The van der Waals surface area contributed by atoms with Gasteiger partial charge < -0.3 is 5.32 Å². The second kappa shape index (κ2) is 3.81. The van der Waals surface area contributed by atoms with Gasteiger partial charge in [-0.25, -0.2) is 0 Å². The van der Waals surface area contributed by atoms with Crippen LogP contribution in [0.25, 0.3) is 0 Å². The summed E-state index contributed by atoms with van der Waals surface area (Å²) in [5, 5.41) is 2.94. The molecule has 78 valence electrons. The van der Waals surface area contributed by atoms with E-state index in [0.717, 1.165) is 10.0 Å². The second-order valence-corrected chi connectivity index (χ2v) is 4.73. The molecule has 1 amide bonds. The maximum atomic E-state index is 11.4. The summed E-state index contributed by atoms with van der Waals surface area (Å²) < 4.78 is 1.04. The van der Waals surface area contributed by atoms with Gasteiger partial charge in [0, 0.05) is 16.0 Å². The number of halogens is 1. The molecule has 15 heavy (non-hydrogen) atoms. The number of carbonyl (C=O) groups excluding carboxylic acids is 1. The van der Waals surface area contributed by atoms with Gasteiger partial charge in [0.15, 0.2) is 0 Å². The normalized spacial score (nSPS) is 25.5. The van der Waals surface area contributed by atoms with Gasteiger partial charge in [-0.05, 0) is 17.7 Å². The molecule has 2 nitrogen and oxygen atoms in total. The number of benzene rings is 1. The molecule has 0 unspecified atom stereocenters. The number of carbonyl (C=O) groups is 1. The Hall–Kier alpha value is -1.09. The van der Waals surface area contributed by atoms with Crippen LogP contribution in [0, 0.1) is 5.92 Å². The maximum absolute atomic E-state index is 11.4. The van der Waals surface area contributed by atoms with Gasteiger partial charge in [0.05, 0.1) is 6.04 Å². The first-order valence-corrected chi connectivity index (χ1v) is 5.64. The quantitative estimate of drug-likeness (QED) is 0.778. The van der Waals surface area contributed by atoms with Gasteiger partial charge in [0.1, 0.15) is 0 Å². The molecule has 1 aliphatic rings. The lowest BCUT2D eigenvalue weighted by Crippen LogP contribution is -2.20. The summed E-state index contributed by atoms with van der Waals surface area (Å²) in [4.78, 5) is 11.4. The summed E-state index contributed by atoms with van der Waals surface area (Å²) in [6.45, 7) is 5.81. The van der Waals surface area contributed by atoms with Gasteiger partial charge in [-0.1, -0.05) is 41.6 Å². The minimum absolute atomic E-state index is 0.0320. The molecule has 0 aliphatic carbocycles. The van der Waals surface area contributed by atoms with E-state index in [0.29, 0.717) is 5.57 Å². The Morgan fingerprint density at radius 3 is 2.40 bits per heavy atom. The molecule has 3 heteroatoms. The smallest absolute Gasteiger partial charge is 0.247 e. The lowest BCUT2D eigenvalue weighted by molar-refractivity contribution is -0.116. The molecule has 0 radical (unpaired) electrons. The van der Waals surface area contributed by atoms with Crippen LogP contribution in [-0.2, 0) is 4.79 Å². The van der Waals surface area contributed by atoms with Crippen LogP contribution in [0.1, 0.15) is 18.5 Å². The van der Waals surface area contributed by atoms with E-state index < -0.39 is 0 Å². The first-order valence-electron chi connectivity index (χ1n) is 4.84. The summed E-state index contributed by atoms with van der Waals surface area (Å²) in [6.07, 6.45) is 0. The highest BCUT2D eigenvalue weighted by Crippen LogP contribution is 2.32. The van der Waals surface area contributed by atoms with E-state index in [1.54, 1.807) is 0 Å². The highest BCUT2D eigenvalue weighted by atomic mass is 79.9. The fourth-order valence-corrected chi connectivity index (χ4v) is 2.07. The Bertz CT molecular complexity index is 410. The monoisotopic (exact) mass is 265 g/mol. The predicted molar refractivity (Wildman–Crippen MR) is 63.3 cm³/mol. The van der Waals surface area contributed by atoms with Crippen molar-refractivity contribution in [1.29, 1.82) is 0 Å². The average molecular weight is 266 g/mol. The fourth-order valence-electron chi connectivity index (χ4n) is 1.81. The summed E-state index contributed by atoms with van der Waals surface area (Å²) in [5.74, 6) is 0.133. The molecule has 0 spiro atoms. The Morgan fingerprint density at radius 2 is 1.93 bits per heavy atom. The first-order chi connectivity index (χ1) is 7.09. The predicted octanol–water partition coefficient (Wildman–Crippen LogP) is 2.81. The third kappa shape index (κ3) is 1.84. The molecule has 2 rings (SSSR count). The third-order valence-electron chi connectivity index (χ3n) is 2.86. The SMILES string of the molecule is C=C1C(=O)N[C@@H](c2ccc(Br)cc2)[C@@H]1C. The molecule has 1 saturated heterocycles. The van der Waals surface area contributed by atoms with E-state index >= 15 is 0 Å². The molecule has 2 atom stereocenters. The molecule has 1 aliphatic heterocycles. The van der Waals surface area contributed by atoms with Crippen LogP contribution in [0.2, 0.25) is 0 Å². The Labute approximate surface area is 97.5 Å². The molecule has 1 N–H and O–H groups in total. The van der Waals surface area contributed by atoms with Gasteiger partial charge >= 0.3 is 0 Å². The molecule has 1 heterocycles. The molecule has 1 aromatic carbocycles. The van der Waals surface area contributed by atoms with Gasteiger partial charge in [0.2, 0.25) is 5.91 Å². The molecule has 1 aromatic rings. The Kier molecular flexibility index (Phi) is 2.65. The largest absolute Gasteiger partial charge is 0.345 e. The van der Waals surface area contributed by atoms with Crippen molar-refractivity contribution in [3.05, 3.63) is 46.5 Å². The number of hydrogen-bond acceptors (Lipinski definition) is 1. The number of hydrogen-bond donors (Lipinski definition) is 1. The summed E-state index contributed by atoms with van der Waals surface area (Å²) >= 11 is 3.39. The summed E-state index contributed by atoms with van der Waals surface area (Å²) in [7, 11) is 0. The van der Waals surface area contributed by atoms with E-state index in [4.69, 9.17) is 0 Å². The van der Waals surface area contributed by atoms with Crippen molar-refractivity contribution in [1.82, 2.24) is 5.32 Å². The van der Waals surface area contributed by atoms with Gasteiger partial charge in [-0.2, -0.15) is 0 Å². The molecular weight excluding hydrogens is 254 g/mol. The zero-order chi connectivity index (χ0) is 11.0. The van der Waals surface area contributed by atoms with Crippen LogP contribution in [0.3, 0.4) is 0 Å². The van der Waals surface area contributed by atoms with Gasteiger partial charge in [-0.3, -0.25) is 4.79 Å². The second-order valence-electron chi connectivity index (χ2n) is 3.82. The Balaban J connectivity index is 2.29. The van der Waals surface area contributed by atoms with E-state index in [-0.39, 0.29) is 17.9 Å². The number of amides is 1. The average Bonchev–Trinajstić information content (AvgIpc) is 2.47. The molecule has 0 saturated carbocycles. The number of rotatable bonds is 1. The minimum atomic E-state index is -0.0320. The lowest BCUT2D eigenvalue weighted by atomic mass is 9.93. The van der Waals surface area contributed by atoms with E-state index in [1.807, 2.05) is 31.2 Å². The van der Waals surface area contributed by atoms with Gasteiger partial charge in [-0.15, -0.1) is 0 Å². The van der Waals surface area contributed by atoms with Crippen LogP contribution in [-0.4, -0.2) is 5.91 Å². The standard InChI is InChI=1S/C12H12BrNO/c1-7-8(2)12(15)14-11(7)9-3-5-10(13)6-4-9/h3-7,11H,2H2,1H3,(H,14,15)/t7-,11-/m1/s1. The summed E-state index contributed by atoms with van der Waals surface area (Å²) in [5.41, 5.74) is 1.79.